The summed E-state index contributed by atoms with van der Waals surface area (Å²) in [5.74, 6) is 1.50. The van der Waals surface area contributed by atoms with Crippen molar-refractivity contribution in [1.82, 2.24) is 0 Å². The predicted octanol–water partition coefficient (Wildman–Crippen LogP) is 2.71. The number of hydrogen-bond donors (Lipinski definition) is 1. The third-order valence-corrected chi connectivity index (χ3v) is 6.24. The summed E-state index contributed by atoms with van der Waals surface area (Å²) >= 11 is 0. The van der Waals surface area contributed by atoms with E-state index in [-0.39, 0.29) is 5.41 Å². The Morgan fingerprint density at radius 3 is 2.65 bits per heavy atom. The number of aldehydes is 1. The van der Waals surface area contributed by atoms with Gasteiger partial charge in [0.05, 0.1) is 5.60 Å². The lowest BCUT2D eigenvalue weighted by molar-refractivity contribution is -0.110. The second-order valence-electron chi connectivity index (χ2n) is 6.64. The summed E-state index contributed by atoms with van der Waals surface area (Å²) in [6.45, 7) is 5.91. The summed E-state index contributed by atoms with van der Waals surface area (Å²) in [6, 6.07) is 0. The standard InChI is InChI=1S/C15H22O2/c1-10(9-16)11-5-6-15(8-11)13-4-3-12(7-13)14(15,2)17/h9,11-13,17H,1,3-8H2,2H3/t11-,12-,13+,14+,15+/m1/s1. The van der Waals surface area contributed by atoms with E-state index in [1.54, 1.807) is 0 Å². The van der Waals surface area contributed by atoms with Gasteiger partial charge in [0.1, 0.15) is 6.29 Å². The van der Waals surface area contributed by atoms with Crippen LogP contribution in [0, 0.1) is 23.2 Å². The third-order valence-electron chi connectivity index (χ3n) is 6.24. The highest BCUT2D eigenvalue weighted by Gasteiger charge is 2.66. The van der Waals surface area contributed by atoms with Crippen molar-refractivity contribution in [3.05, 3.63) is 12.2 Å². The van der Waals surface area contributed by atoms with Crippen molar-refractivity contribution in [2.24, 2.45) is 23.2 Å². The molecule has 0 unspecified atom stereocenters. The zero-order valence-electron chi connectivity index (χ0n) is 10.6. The quantitative estimate of drug-likeness (QED) is 0.589. The molecule has 17 heavy (non-hydrogen) atoms. The minimum Gasteiger partial charge on any atom is -0.389 e. The summed E-state index contributed by atoms with van der Waals surface area (Å²) in [6.07, 6.45) is 7.69. The molecule has 2 nitrogen and oxygen atoms in total. The number of rotatable bonds is 2. The molecule has 0 amide bonds. The highest BCUT2D eigenvalue weighted by molar-refractivity contribution is 5.73. The summed E-state index contributed by atoms with van der Waals surface area (Å²) in [4.78, 5) is 10.9. The van der Waals surface area contributed by atoms with Crippen molar-refractivity contribution in [2.75, 3.05) is 0 Å². The van der Waals surface area contributed by atoms with Crippen molar-refractivity contribution < 1.29 is 9.90 Å². The third kappa shape index (κ3) is 1.28. The maximum absolute atomic E-state index is 10.9. The number of carbonyl (C=O) groups excluding carboxylic acids is 1. The molecule has 0 radical (unpaired) electrons. The van der Waals surface area contributed by atoms with E-state index >= 15 is 0 Å². The Bertz CT molecular complexity index is 371. The van der Waals surface area contributed by atoms with E-state index in [9.17, 15) is 9.90 Å². The van der Waals surface area contributed by atoms with E-state index in [0.29, 0.717) is 17.8 Å². The highest BCUT2D eigenvalue weighted by atomic mass is 16.3. The van der Waals surface area contributed by atoms with Gasteiger partial charge in [0, 0.05) is 5.41 Å². The monoisotopic (exact) mass is 234 g/mol. The Labute approximate surface area is 103 Å². The summed E-state index contributed by atoms with van der Waals surface area (Å²) in [5.41, 5.74) is 0.320. The van der Waals surface area contributed by atoms with E-state index in [1.807, 2.05) is 6.92 Å². The first-order valence-corrected chi connectivity index (χ1v) is 6.87. The topological polar surface area (TPSA) is 37.3 Å². The largest absolute Gasteiger partial charge is 0.389 e. The van der Waals surface area contributed by atoms with Gasteiger partial charge in [0.15, 0.2) is 0 Å². The summed E-state index contributed by atoms with van der Waals surface area (Å²) < 4.78 is 0. The highest BCUT2D eigenvalue weighted by Crippen LogP contribution is 2.68. The SMILES string of the molecule is C=C(C=O)[C@@H]1CC[C@]2(C1)[C@H]1CC[C@H](C1)[C@]2(C)O. The van der Waals surface area contributed by atoms with Gasteiger partial charge in [-0.2, -0.15) is 0 Å². The van der Waals surface area contributed by atoms with Crippen LogP contribution >= 0.6 is 0 Å². The van der Waals surface area contributed by atoms with Gasteiger partial charge in [-0.05, 0) is 68.8 Å². The van der Waals surface area contributed by atoms with Crippen LogP contribution in [0.1, 0.15) is 45.4 Å². The fourth-order valence-electron chi connectivity index (χ4n) is 5.13. The molecule has 2 heteroatoms. The fraction of sp³-hybridized carbons (Fsp3) is 0.800. The molecular weight excluding hydrogens is 212 g/mol. The molecule has 3 rings (SSSR count). The summed E-state index contributed by atoms with van der Waals surface area (Å²) in [5, 5.41) is 10.9. The Kier molecular flexibility index (Phi) is 2.32. The Morgan fingerprint density at radius 1 is 1.35 bits per heavy atom. The van der Waals surface area contributed by atoms with Gasteiger partial charge < -0.3 is 5.11 Å². The van der Waals surface area contributed by atoms with Gasteiger partial charge in [-0.25, -0.2) is 0 Å². The predicted molar refractivity (Wildman–Crippen MR) is 66.4 cm³/mol. The molecular formula is C15H22O2. The molecule has 3 fully saturated rings. The lowest BCUT2D eigenvalue weighted by Crippen LogP contribution is -2.49. The number of aliphatic hydroxyl groups is 1. The van der Waals surface area contributed by atoms with Crippen LogP contribution in [0.25, 0.3) is 0 Å². The molecule has 0 aromatic heterocycles. The van der Waals surface area contributed by atoms with Crippen LogP contribution in [0.3, 0.4) is 0 Å². The Hall–Kier alpha value is -0.630. The Balaban J connectivity index is 1.89. The average Bonchev–Trinajstić information content (AvgIpc) is 2.97. The lowest BCUT2D eigenvalue weighted by Gasteiger charge is -2.46. The van der Waals surface area contributed by atoms with Crippen molar-refractivity contribution in [2.45, 2.75) is 51.0 Å². The second-order valence-corrected chi connectivity index (χ2v) is 6.64. The number of allylic oxidation sites excluding steroid dienone is 1. The van der Waals surface area contributed by atoms with E-state index < -0.39 is 5.60 Å². The fourth-order valence-corrected chi connectivity index (χ4v) is 5.13. The number of carbonyl (C=O) groups is 1. The minimum atomic E-state index is -0.506. The molecule has 3 saturated carbocycles. The molecule has 0 saturated heterocycles. The normalized spacial score (nSPS) is 52.2. The van der Waals surface area contributed by atoms with Gasteiger partial charge in [0.25, 0.3) is 0 Å². The molecule has 3 aliphatic rings. The minimum absolute atomic E-state index is 0.0898. The smallest absolute Gasteiger partial charge is 0.145 e. The van der Waals surface area contributed by atoms with Gasteiger partial charge in [-0.3, -0.25) is 4.79 Å². The first-order chi connectivity index (χ1) is 8.01. The van der Waals surface area contributed by atoms with Crippen LogP contribution in [-0.2, 0) is 4.79 Å². The van der Waals surface area contributed by atoms with Crippen LogP contribution in [0.4, 0.5) is 0 Å². The molecule has 3 aliphatic carbocycles. The lowest BCUT2D eigenvalue weighted by atomic mass is 9.62. The molecule has 2 bridgehead atoms. The first kappa shape index (κ1) is 11.5. The molecule has 1 N–H and O–H groups in total. The van der Waals surface area contributed by atoms with E-state index in [0.717, 1.165) is 31.1 Å². The maximum Gasteiger partial charge on any atom is 0.145 e. The van der Waals surface area contributed by atoms with Crippen LogP contribution in [0.2, 0.25) is 0 Å². The van der Waals surface area contributed by atoms with Crippen molar-refractivity contribution in [3.63, 3.8) is 0 Å². The molecule has 1 spiro atoms. The van der Waals surface area contributed by atoms with Gasteiger partial charge in [0.2, 0.25) is 0 Å². The van der Waals surface area contributed by atoms with Crippen LogP contribution in [0.15, 0.2) is 12.2 Å². The van der Waals surface area contributed by atoms with Crippen LogP contribution in [0.5, 0.6) is 0 Å². The van der Waals surface area contributed by atoms with E-state index in [4.69, 9.17) is 0 Å². The van der Waals surface area contributed by atoms with Crippen molar-refractivity contribution in [1.29, 1.82) is 0 Å². The maximum atomic E-state index is 10.9. The average molecular weight is 234 g/mol. The zero-order valence-corrected chi connectivity index (χ0v) is 10.6. The second kappa shape index (κ2) is 3.44. The van der Waals surface area contributed by atoms with Gasteiger partial charge in [-0.1, -0.05) is 6.58 Å². The van der Waals surface area contributed by atoms with Crippen molar-refractivity contribution in [3.8, 4) is 0 Å². The molecule has 94 valence electrons. The molecule has 5 atom stereocenters. The van der Waals surface area contributed by atoms with Crippen molar-refractivity contribution >= 4 is 6.29 Å². The molecule has 0 aromatic carbocycles. The number of fused-ring (bicyclic) bond motifs is 3. The molecule has 0 heterocycles. The van der Waals surface area contributed by atoms with Gasteiger partial charge in [-0.15, -0.1) is 0 Å². The summed E-state index contributed by atoms with van der Waals surface area (Å²) in [7, 11) is 0. The van der Waals surface area contributed by atoms with Crippen LogP contribution < -0.4 is 0 Å². The van der Waals surface area contributed by atoms with Crippen LogP contribution in [-0.4, -0.2) is 17.0 Å². The molecule has 0 aromatic rings. The number of hydrogen-bond acceptors (Lipinski definition) is 2. The van der Waals surface area contributed by atoms with Gasteiger partial charge >= 0.3 is 0 Å². The van der Waals surface area contributed by atoms with E-state index in [2.05, 4.69) is 6.58 Å². The van der Waals surface area contributed by atoms with E-state index in [1.165, 1.54) is 19.3 Å². The Morgan fingerprint density at radius 2 is 2.06 bits per heavy atom. The first-order valence-electron chi connectivity index (χ1n) is 6.87. The molecule has 0 aliphatic heterocycles. The zero-order chi connectivity index (χ0) is 12.3.